The highest BCUT2D eigenvalue weighted by molar-refractivity contribution is 9.10. The number of hydrogen-bond acceptors (Lipinski definition) is 1. The highest BCUT2D eigenvalue weighted by atomic mass is 79.9. The zero-order valence-corrected chi connectivity index (χ0v) is 10.5. The minimum atomic E-state index is 0.472. The highest BCUT2D eigenvalue weighted by Gasteiger charge is 2.20. The van der Waals surface area contributed by atoms with Crippen molar-refractivity contribution in [1.82, 2.24) is 9.55 Å². The predicted octanol–water partition coefficient (Wildman–Crippen LogP) is 3.57. The Morgan fingerprint density at radius 3 is 2.88 bits per heavy atom. The van der Waals surface area contributed by atoms with E-state index in [1.807, 2.05) is 12.5 Å². The van der Waals surface area contributed by atoms with Gasteiger partial charge in [-0.15, -0.1) is 0 Å². The van der Waals surface area contributed by atoms with Gasteiger partial charge in [0, 0.05) is 16.4 Å². The first kappa shape index (κ1) is 10.1. The van der Waals surface area contributed by atoms with Crippen molar-refractivity contribution in [1.29, 1.82) is 0 Å². The van der Waals surface area contributed by atoms with E-state index >= 15 is 0 Å². The Balaban J connectivity index is 2.00. The van der Waals surface area contributed by atoms with Crippen molar-refractivity contribution in [2.45, 2.75) is 25.3 Å². The number of aromatic nitrogens is 2. The van der Waals surface area contributed by atoms with E-state index in [0.717, 1.165) is 10.9 Å². The molecule has 1 aromatic heterocycles. The fourth-order valence-corrected chi connectivity index (χ4v) is 2.70. The molecule has 2 heterocycles. The second-order valence-corrected chi connectivity index (χ2v) is 5.17. The largest absolute Gasteiger partial charge is 0.327 e. The van der Waals surface area contributed by atoms with Crippen molar-refractivity contribution in [2.24, 2.45) is 0 Å². The molecule has 0 unspecified atom stereocenters. The molecule has 1 atom stereocenters. The van der Waals surface area contributed by atoms with E-state index < -0.39 is 0 Å². The van der Waals surface area contributed by atoms with Crippen molar-refractivity contribution in [3.05, 3.63) is 52.5 Å². The molecule has 0 fully saturated rings. The van der Waals surface area contributed by atoms with Crippen LogP contribution in [0.1, 0.15) is 30.1 Å². The van der Waals surface area contributed by atoms with E-state index in [9.17, 15) is 0 Å². The molecule has 0 N–H and O–H groups in total. The molecule has 0 bridgehead atoms. The molecule has 2 aromatic rings. The summed E-state index contributed by atoms with van der Waals surface area (Å²) in [5, 5.41) is 0. The lowest BCUT2D eigenvalue weighted by Gasteiger charge is -2.25. The first-order valence-corrected chi connectivity index (χ1v) is 6.40. The van der Waals surface area contributed by atoms with Crippen molar-refractivity contribution in [3.63, 3.8) is 0 Å². The van der Waals surface area contributed by atoms with Gasteiger partial charge in [0.25, 0.3) is 0 Å². The summed E-state index contributed by atoms with van der Waals surface area (Å²) in [6, 6.07) is 9.09. The number of rotatable bonds is 1. The zero-order valence-electron chi connectivity index (χ0n) is 8.94. The van der Waals surface area contributed by atoms with Gasteiger partial charge in [0.15, 0.2) is 0 Å². The summed E-state index contributed by atoms with van der Waals surface area (Å²) < 4.78 is 3.45. The quantitative estimate of drug-likeness (QED) is 0.779. The molecule has 1 aliphatic rings. The Bertz CT molecular complexity index is 487. The second-order valence-electron chi connectivity index (χ2n) is 4.25. The van der Waals surface area contributed by atoms with Crippen LogP contribution >= 0.6 is 15.9 Å². The fourth-order valence-electron chi connectivity index (χ4n) is 2.43. The Hall–Kier alpha value is -1.09. The smallest absolute Gasteiger partial charge is 0.0953 e. The zero-order chi connectivity index (χ0) is 11.0. The SMILES string of the molecule is Brc1ccc([C@H]2CCCc3cncn32)cc1. The van der Waals surface area contributed by atoms with Gasteiger partial charge in [0.05, 0.1) is 12.4 Å². The molecule has 0 spiro atoms. The summed E-state index contributed by atoms with van der Waals surface area (Å²) in [7, 11) is 0. The molecule has 1 aliphatic heterocycles. The van der Waals surface area contributed by atoms with Crippen molar-refractivity contribution < 1.29 is 0 Å². The van der Waals surface area contributed by atoms with Crippen molar-refractivity contribution >= 4 is 15.9 Å². The molecule has 82 valence electrons. The summed E-state index contributed by atoms with van der Waals surface area (Å²) in [6.07, 6.45) is 7.58. The van der Waals surface area contributed by atoms with Crippen LogP contribution in [-0.2, 0) is 6.42 Å². The molecule has 0 amide bonds. The summed E-state index contributed by atoms with van der Waals surface area (Å²) in [5.41, 5.74) is 2.74. The van der Waals surface area contributed by atoms with E-state index in [0.29, 0.717) is 6.04 Å². The number of halogens is 1. The topological polar surface area (TPSA) is 17.8 Å². The van der Waals surface area contributed by atoms with Gasteiger partial charge >= 0.3 is 0 Å². The van der Waals surface area contributed by atoms with Crippen LogP contribution in [0.25, 0.3) is 0 Å². The van der Waals surface area contributed by atoms with Gasteiger partial charge in [0.2, 0.25) is 0 Å². The molecule has 3 rings (SSSR count). The number of hydrogen-bond donors (Lipinski definition) is 0. The first-order valence-electron chi connectivity index (χ1n) is 5.61. The number of imidazole rings is 1. The fraction of sp³-hybridized carbons (Fsp3) is 0.308. The van der Waals surface area contributed by atoms with Gasteiger partial charge < -0.3 is 4.57 Å². The maximum atomic E-state index is 4.25. The number of fused-ring (bicyclic) bond motifs is 1. The van der Waals surface area contributed by atoms with Crippen LogP contribution in [0.5, 0.6) is 0 Å². The lowest BCUT2D eigenvalue weighted by molar-refractivity contribution is 0.458. The minimum absolute atomic E-state index is 0.472. The van der Waals surface area contributed by atoms with E-state index in [2.05, 4.69) is 49.7 Å². The van der Waals surface area contributed by atoms with Crippen LogP contribution in [-0.4, -0.2) is 9.55 Å². The third-order valence-corrected chi connectivity index (χ3v) is 3.78. The van der Waals surface area contributed by atoms with Crippen LogP contribution < -0.4 is 0 Å². The molecule has 3 heteroatoms. The minimum Gasteiger partial charge on any atom is -0.327 e. The van der Waals surface area contributed by atoms with Crippen LogP contribution in [0.3, 0.4) is 0 Å². The number of benzene rings is 1. The van der Waals surface area contributed by atoms with Crippen LogP contribution in [0.2, 0.25) is 0 Å². The summed E-state index contributed by atoms with van der Waals surface area (Å²) >= 11 is 3.47. The Kier molecular flexibility index (Phi) is 2.56. The summed E-state index contributed by atoms with van der Waals surface area (Å²) in [4.78, 5) is 4.25. The van der Waals surface area contributed by atoms with Gasteiger partial charge in [-0.1, -0.05) is 28.1 Å². The molecule has 1 aromatic carbocycles. The number of aryl methyl sites for hydroxylation is 1. The molecule has 2 nitrogen and oxygen atoms in total. The van der Waals surface area contributed by atoms with Crippen LogP contribution in [0, 0.1) is 0 Å². The van der Waals surface area contributed by atoms with E-state index in [1.54, 1.807) is 0 Å². The van der Waals surface area contributed by atoms with Crippen LogP contribution in [0.4, 0.5) is 0 Å². The van der Waals surface area contributed by atoms with E-state index in [4.69, 9.17) is 0 Å². The molecule has 0 radical (unpaired) electrons. The van der Waals surface area contributed by atoms with Gasteiger partial charge in [0.1, 0.15) is 0 Å². The molecular formula is C13H13BrN2. The standard InChI is InChI=1S/C13H13BrN2/c14-11-6-4-10(5-7-11)13-3-1-2-12-8-15-9-16(12)13/h4-9,13H,1-3H2/t13-/m1/s1. The molecule has 0 aliphatic carbocycles. The van der Waals surface area contributed by atoms with Crippen LogP contribution in [0.15, 0.2) is 41.3 Å². The normalized spacial score (nSPS) is 19.4. The van der Waals surface area contributed by atoms with Crippen molar-refractivity contribution in [3.8, 4) is 0 Å². The second kappa shape index (κ2) is 4.06. The lowest BCUT2D eigenvalue weighted by atomic mass is 9.96. The molecule has 0 saturated carbocycles. The summed E-state index contributed by atoms with van der Waals surface area (Å²) in [6.45, 7) is 0. The maximum Gasteiger partial charge on any atom is 0.0953 e. The first-order chi connectivity index (χ1) is 7.84. The highest BCUT2D eigenvalue weighted by Crippen LogP contribution is 2.30. The Morgan fingerprint density at radius 2 is 2.06 bits per heavy atom. The van der Waals surface area contributed by atoms with Gasteiger partial charge in [-0.3, -0.25) is 0 Å². The third-order valence-electron chi connectivity index (χ3n) is 3.25. The van der Waals surface area contributed by atoms with E-state index in [-0.39, 0.29) is 0 Å². The Labute approximate surface area is 103 Å². The molecule has 16 heavy (non-hydrogen) atoms. The van der Waals surface area contributed by atoms with E-state index in [1.165, 1.54) is 24.1 Å². The molecular weight excluding hydrogens is 264 g/mol. The maximum absolute atomic E-state index is 4.25. The average Bonchev–Trinajstić information content (AvgIpc) is 2.78. The predicted molar refractivity (Wildman–Crippen MR) is 67.4 cm³/mol. The Morgan fingerprint density at radius 1 is 1.25 bits per heavy atom. The van der Waals surface area contributed by atoms with Gasteiger partial charge in [-0.05, 0) is 37.0 Å². The summed E-state index contributed by atoms with van der Waals surface area (Å²) in [5.74, 6) is 0. The number of nitrogens with zero attached hydrogens (tertiary/aromatic N) is 2. The van der Waals surface area contributed by atoms with Gasteiger partial charge in [-0.25, -0.2) is 4.98 Å². The third kappa shape index (κ3) is 1.69. The van der Waals surface area contributed by atoms with Crippen molar-refractivity contribution in [2.75, 3.05) is 0 Å². The van der Waals surface area contributed by atoms with Gasteiger partial charge in [-0.2, -0.15) is 0 Å². The average molecular weight is 277 g/mol. The monoisotopic (exact) mass is 276 g/mol. The lowest BCUT2D eigenvalue weighted by Crippen LogP contribution is -2.17. The molecule has 0 saturated heterocycles.